The Bertz CT molecular complexity index is 680. The summed E-state index contributed by atoms with van der Waals surface area (Å²) >= 11 is 0. The lowest BCUT2D eigenvalue weighted by Gasteiger charge is -2.26. The van der Waals surface area contributed by atoms with Crippen LogP contribution >= 0.6 is 0 Å². The maximum absolute atomic E-state index is 13.1. The molecule has 6 nitrogen and oxygen atoms in total. The number of ether oxygens (including phenoxy) is 2. The summed E-state index contributed by atoms with van der Waals surface area (Å²) in [6.45, 7) is 6.85. The summed E-state index contributed by atoms with van der Waals surface area (Å²) in [6, 6.07) is 4.77. The molecule has 2 atom stereocenters. The SMILES string of the molecule is CCOC(=O)C1CC(Cc2ccc(F)cc2)C(=O)N1C(=O)OC(C)(C)C. The summed E-state index contributed by atoms with van der Waals surface area (Å²) in [5.74, 6) is -2.07. The lowest BCUT2D eigenvalue weighted by atomic mass is 9.96. The molecular weight excluding hydrogens is 341 g/mol. The number of amides is 2. The number of halogens is 1. The summed E-state index contributed by atoms with van der Waals surface area (Å²) in [6.07, 6.45) is -0.412. The van der Waals surface area contributed by atoms with Gasteiger partial charge in [-0.25, -0.2) is 18.9 Å². The number of nitrogens with zero attached hydrogens (tertiary/aromatic N) is 1. The van der Waals surface area contributed by atoms with E-state index in [9.17, 15) is 18.8 Å². The van der Waals surface area contributed by atoms with Gasteiger partial charge in [0.1, 0.15) is 17.5 Å². The van der Waals surface area contributed by atoms with Gasteiger partial charge in [-0.3, -0.25) is 4.79 Å². The van der Waals surface area contributed by atoms with E-state index in [-0.39, 0.29) is 18.8 Å². The lowest BCUT2D eigenvalue weighted by Crippen LogP contribution is -2.46. The Morgan fingerprint density at radius 2 is 1.85 bits per heavy atom. The predicted octanol–water partition coefficient (Wildman–Crippen LogP) is 3.08. The highest BCUT2D eigenvalue weighted by atomic mass is 19.1. The fraction of sp³-hybridized carbons (Fsp3) is 0.526. The van der Waals surface area contributed by atoms with E-state index in [1.54, 1.807) is 39.8 Å². The highest BCUT2D eigenvalue weighted by Gasteiger charge is 2.48. The largest absolute Gasteiger partial charge is 0.464 e. The second-order valence-electron chi connectivity index (χ2n) is 7.22. The number of rotatable bonds is 4. The second-order valence-corrected chi connectivity index (χ2v) is 7.22. The lowest BCUT2D eigenvalue weighted by molar-refractivity contribution is -0.151. The van der Waals surface area contributed by atoms with Crippen LogP contribution in [0.2, 0.25) is 0 Å². The average molecular weight is 365 g/mol. The van der Waals surface area contributed by atoms with Gasteiger partial charge in [-0.05, 0) is 58.2 Å². The minimum atomic E-state index is -1.01. The number of esters is 1. The molecule has 142 valence electrons. The van der Waals surface area contributed by atoms with Gasteiger partial charge in [0.15, 0.2) is 0 Å². The van der Waals surface area contributed by atoms with E-state index >= 15 is 0 Å². The molecule has 2 amide bonds. The van der Waals surface area contributed by atoms with Gasteiger partial charge in [-0.15, -0.1) is 0 Å². The first-order chi connectivity index (χ1) is 12.1. The first-order valence-corrected chi connectivity index (χ1v) is 8.59. The van der Waals surface area contributed by atoms with Gasteiger partial charge < -0.3 is 9.47 Å². The quantitative estimate of drug-likeness (QED) is 0.767. The van der Waals surface area contributed by atoms with Crippen molar-refractivity contribution in [1.29, 1.82) is 0 Å². The molecule has 1 heterocycles. The molecule has 0 saturated carbocycles. The van der Waals surface area contributed by atoms with Crippen molar-refractivity contribution in [2.24, 2.45) is 5.92 Å². The van der Waals surface area contributed by atoms with Crippen molar-refractivity contribution in [2.75, 3.05) is 6.61 Å². The molecule has 0 aliphatic carbocycles. The van der Waals surface area contributed by atoms with Crippen LogP contribution in [0.3, 0.4) is 0 Å². The van der Waals surface area contributed by atoms with Gasteiger partial charge in [0.25, 0.3) is 0 Å². The van der Waals surface area contributed by atoms with Crippen LogP contribution < -0.4 is 0 Å². The summed E-state index contributed by atoms with van der Waals surface area (Å²) in [4.78, 5) is 38.3. The second kappa shape index (κ2) is 7.85. The van der Waals surface area contributed by atoms with E-state index < -0.39 is 35.5 Å². The Hall–Kier alpha value is -2.44. The minimum Gasteiger partial charge on any atom is -0.464 e. The monoisotopic (exact) mass is 365 g/mol. The summed E-state index contributed by atoms with van der Waals surface area (Å²) < 4.78 is 23.3. The molecule has 1 saturated heterocycles. The minimum absolute atomic E-state index is 0.147. The highest BCUT2D eigenvalue weighted by Crippen LogP contribution is 2.30. The summed E-state index contributed by atoms with van der Waals surface area (Å²) in [5.41, 5.74) is -0.0515. The van der Waals surface area contributed by atoms with Crippen LogP contribution in [0.1, 0.15) is 39.7 Å². The van der Waals surface area contributed by atoms with Crippen LogP contribution in [0.15, 0.2) is 24.3 Å². The Labute approximate surface area is 152 Å². The van der Waals surface area contributed by atoms with Gasteiger partial charge in [0.05, 0.1) is 6.61 Å². The molecule has 0 aromatic heterocycles. The van der Waals surface area contributed by atoms with E-state index in [0.29, 0.717) is 6.42 Å². The van der Waals surface area contributed by atoms with Crippen molar-refractivity contribution in [3.05, 3.63) is 35.6 Å². The maximum atomic E-state index is 13.1. The molecule has 1 aromatic rings. The molecule has 2 rings (SSSR count). The summed E-state index contributed by atoms with van der Waals surface area (Å²) in [7, 11) is 0. The smallest absolute Gasteiger partial charge is 0.417 e. The maximum Gasteiger partial charge on any atom is 0.417 e. The zero-order valence-electron chi connectivity index (χ0n) is 15.5. The van der Waals surface area contributed by atoms with Gasteiger partial charge in [0, 0.05) is 5.92 Å². The Kier molecular flexibility index (Phi) is 6.00. The van der Waals surface area contributed by atoms with Gasteiger partial charge in [-0.1, -0.05) is 12.1 Å². The fourth-order valence-electron chi connectivity index (χ4n) is 2.87. The topological polar surface area (TPSA) is 72.9 Å². The number of hydrogen-bond donors (Lipinski definition) is 0. The Balaban J connectivity index is 2.22. The Morgan fingerprint density at radius 3 is 2.38 bits per heavy atom. The summed E-state index contributed by atoms with van der Waals surface area (Å²) in [5, 5.41) is 0. The van der Waals surface area contributed by atoms with Crippen LogP contribution in [0, 0.1) is 11.7 Å². The number of carbonyl (C=O) groups excluding carboxylic acids is 3. The Morgan fingerprint density at radius 1 is 1.23 bits per heavy atom. The van der Waals surface area contributed by atoms with Gasteiger partial charge in [0.2, 0.25) is 5.91 Å². The first-order valence-electron chi connectivity index (χ1n) is 8.59. The first kappa shape index (κ1) is 19.9. The molecule has 7 heteroatoms. The molecular formula is C19H24FNO5. The van der Waals surface area contributed by atoms with Crippen LogP contribution in [0.25, 0.3) is 0 Å². The van der Waals surface area contributed by atoms with Crippen molar-refractivity contribution in [3.63, 3.8) is 0 Å². The molecule has 26 heavy (non-hydrogen) atoms. The van der Waals surface area contributed by atoms with Crippen molar-refractivity contribution < 1.29 is 28.2 Å². The molecule has 1 aliphatic heterocycles. The fourth-order valence-corrected chi connectivity index (χ4v) is 2.87. The van der Waals surface area contributed by atoms with E-state index in [2.05, 4.69) is 0 Å². The molecule has 0 spiro atoms. The number of hydrogen-bond acceptors (Lipinski definition) is 5. The number of carbonyl (C=O) groups is 3. The van der Waals surface area contributed by atoms with Crippen LogP contribution in [-0.2, 0) is 25.5 Å². The van der Waals surface area contributed by atoms with Crippen molar-refractivity contribution in [1.82, 2.24) is 4.90 Å². The molecule has 1 aromatic carbocycles. The van der Waals surface area contributed by atoms with Gasteiger partial charge >= 0.3 is 12.1 Å². The van der Waals surface area contributed by atoms with Crippen molar-refractivity contribution >= 4 is 18.0 Å². The molecule has 0 N–H and O–H groups in total. The molecule has 2 unspecified atom stereocenters. The molecule has 1 aliphatic rings. The molecule has 0 bridgehead atoms. The van der Waals surface area contributed by atoms with Crippen LogP contribution in [0.4, 0.5) is 9.18 Å². The van der Waals surface area contributed by atoms with E-state index in [0.717, 1.165) is 10.5 Å². The third kappa shape index (κ3) is 4.80. The zero-order valence-corrected chi connectivity index (χ0v) is 15.5. The number of imide groups is 1. The predicted molar refractivity (Wildman–Crippen MR) is 91.7 cm³/mol. The van der Waals surface area contributed by atoms with Crippen molar-refractivity contribution in [2.45, 2.75) is 52.2 Å². The number of likely N-dealkylation sites (tertiary alicyclic amines) is 1. The highest BCUT2D eigenvalue weighted by molar-refractivity contribution is 6.00. The third-order valence-electron chi connectivity index (χ3n) is 3.95. The van der Waals surface area contributed by atoms with Gasteiger partial charge in [-0.2, -0.15) is 0 Å². The van der Waals surface area contributed by atoms with Crippen molar-refractivity contribution in [3.8, 4) is 0 Å². The molecule has 0 radical (unpaired) electrons. The van der Waals surface area contributed by atoms with Crippen LogP contribution in [0.5, 0.6) is 0 Å². The normalized spacial score (nSPS) is 20.2. The average Bonchev–Trinajstić information content (AvgIpc) is 2.85. The number of benzene rings is 1. The zero-order chi connectivity index (χ0) is 19.5. The van der Waals surface area contributed by atoms with E-state index in [1.165, 1.54) is 12.1 Å². The molecule has 1 fully saturated rings. The van der Waals surface area contributed by atoms with E-state index in [1.807, 2.05) is 0 Å². The van der Waals surface area contributed by atoms with Crippen LogP contribution in [-0.4, -0.2) is 41.1 Å². The third-order valence-corrected chi connectivity index (χ3v) is 3.95. The standard InChI is InChI=1S/C19H24FNO5/c1-5-25-17(23)15-11-13(10-12-6-8-14(20)9-7-12)16(22)21(15)18(24)26-19(2,3)4/h6-9,13,15H,5,10-11H2,1-4H3. The van der Waals surface area contributed by atoms with E-state index in [4.69, 9.17) is 9.47 Å².